The van der Waals surface area contributed by atoms with Gasteiger partial charge in [0, 0.05) is 24.2 Å². The third-order valence-corrected chi connectivity index (χ3v) is 3.34. The molecule has 0 fully saturated rings. The number of Topliss-reactive ketones (excluding diaryl/α,β-unsaturated/α-hetero) is 1. The summed E-state index contributed by atoms with van der Waals surface area (Å²) in [5.41, 5.74) is 1.66. The molecule has 0 saturated heterocycles. The number of nitrogens with one attached hydrogen (secondary N) is 1. The highest BCUT2D eigenvalue weighted by atomic mass is 16.5. The van der Waals surface area contributed by atoms with Crippen molar-refractivity contribution < 1.29 is 14.3 Å². The highest BCUT2D eigenvalue weighted by Crippen LogP contribution is 2.23. The van der Waals surface area contributed by atoms with Gasteiger partial charge in [-0.3, -0.25) is 9.59 Å². The van der Waals surface area contributed by atoms with Crippen molar-refractivity contribution in [3.05, 3.63) is 41.6 Å². The molecule has 0 radical (unpaired) electrons. The first kappa shape index (κ1) is 13.4. The molecule has 0 saturated carbocycles. The van der Waals surface area contributed by atoms with Crippen molar-refractivity contribution in [3.63, 3.8) is 0 Å². The molecule has 0 spiro atoms. The Hall–Kier alpha value is -2.63. The summed E-state index contributed by atoms with van der Waals surface area (Å²) in [6, 6.07) is 6.76. The average Bonchev–Trinajstić information content (AvgIpc) is 2.92. The molecule has 0 aliphatic carbocycles. The molecule has 1 N–H and O–H groups in total. The standard InChI is InChI=1S/C15H15N3O3/c1-10(19)11-3-5-12(6-4-11)17-14(20)13-9-16-18-7-2-8-21-15(13)18/h3-6,9H,2,7-8H2,1H3,(H,17,20). The molecule has 1 aliphatic rings. The third kappa shape index (κ3) is 2.65. The zero-order valence-corrected chi connectivity index (χ0v) is 11.6. The van der Waals surface area contributed by atoms with E-state index >= 15 is 0 Å². The van der Waals surface area contributed by atoms with Crippen LogP contribution in [0.3, 0.4) is 0 Å². The Balaban J connectivity index is 1.77. The number of hydrogen-bond donors (Lipinski definition) is 1. The molecular formula is C15H15N3O3. The maximum absolute atomic E-state index is 12.3. The lowest BCUT2D eigenvalue weighted by atomic mass is 10.1. The zero-order chi connectivity index (χ0) is 14.8. The fourth-order valence-corrected chi connectivity index (χ4v) is 2.21. The van der Waals surface area contributed by atoms with E-state index in [9.17, 15) is 9.59 Å². The lowest BCUT2D eigenvalue weighted by molar-refractivity contribution is 0.101. The molecule has 3 rings (SSSR count). The van der Waals surface area contributed by atoms with Gasteiger partial charge in [0.1, 0.15) is 5.56 Å². The van der Waals surface area contributed by atoms with E-state index in [0.717, 1.165) is 13.0 Å². The number of ketones is 1. The van der Waals surface area contributed by atoms with Crippen LogP contribution in [0, 0.1) is 0 Å². The minimum Gasteiger partial charge on any atom is -0.477 e. The van der Waals surface area contributed by atoms with E-state index < -0.39 is 0 Å². The van der Waals surface area contributed by atoms with Crippen LogP contribution in [0.5, 0.6) is 5.88 Å². The molecule has 6 nitrogen and oxygen atoms in total. The third-order valence-electron chi connectivity index (χ3n) is 3.34. The van der Waals surface area contributed by atoms with Gasteiger partial charge in [-0.05, 0) is 31.2 Å². The second-order valence-corrected chi connectivity index (χ2v) is 4.88. The van der Waals surface area contributed by atoms with E-state index in [1.165, 1.54) is 13.1 Å². The van der Waals surface area contributed by atoms with Gasteiger partial charge in [-0.2, -0.15) is 5.10 Å². The second kappa shape index (κ2) is 5.40. The summed E-state index contributed by atoms with van der Waals surface area (Å²) >= 11 is 0. The number of anilines is 1. The number of rotatable bonds is 3. The lowest BCUT2D eigenvalue weighted by Crippen LogP contribution is -2.18. The number of carbonyl (C=O) groups is 2. The van der Waals surface area contributed by atoms with Crippen LogP contribution in [0.15, 0.2) is 30.5 Å². The van der Waals surface area contributed by atoms with Gasteiger partial charge in [0.25, 0.3) is 5.91 Å². The van der Waals surface area contributed by atoms with Gasteiger partial charge in [0.15, 0.2) is 5.78 Å². The summed E-state index contributed by atoms with van der Waals surface area (Å²) in [5.74, 6) is 0.236. The summed E-state index contributed by atoms with van der Waals surface area (Å²) in [7, 11) is 0. The molecule has 108 valence electrons. The number of benzene rings is 1. The van der Waals surface area contributed by atoms with Crippen molar-refractivity contribution in [2.45, 2.75) is 19.9 Å². The van der Waals surface area contributed by atoms with Crippen LogP contribution < -0.4 is 10.1 Å². The van der Waals surface area contributed by atoms with Crippen LogP contribution in [0.4, 0.5) is 5.69 Å². The predicted molar refractivity (Wildman–Crippen MR) is 76.7 cm³/mol. The van der Waals surface area contributed by atoms with Crippen molar-refractivity contribution in [1.29, 1.82) is 0 Å². The molecule has 0 atom stereocenters. The van der Waals surface area contributed by atoms with E-state index in [1.54, 1.807) is 28.9 Å². The number of ether oxygens (including phenoxy) is 1. The van der Waals surface area contributed by atoms with Crippen molar-refractivity contribution in [2.75, 3.05) is 11.9 Å². The first-order valence-corrected chi connectivity index (χ1v) is 6.76. The summed E-state index contributed by atoms with van der Waals surface area (Å²) in [6.45, 7) is 2.86. The van der Waals surface area contributed by atoms with Gasteiger partial charge >= 0.3 is 0 Å². The van der Waals surface area contributed by atoms with E-state index in [0.29, 0.717) is 29.3 Å². The van der Waals surface area contributed by atoms with E-state index in [4.69, 9.17) is 4.74 Å². The van der Waals surface area contributed by atoms with Crippen LogP contribution in [-0.4, -0.2) is 28.1 Å². The minimum absolute atomic E-state index is 0.00743. The fourth-order valence-electron chi connectivity index (χ4n) is 2.21. The molecule has 6 heteroatoms. The number of carbonyl (C=O) groups excluding carboxylic acids is 2. The maximum Gasteiger partial charge on any atom is 0.262 e. The Morgan fingerprint density at radius 2 is 2.05 bits per heavy atom. The van der Waals surface area contributed by atoms with E-state index in [-0.39, 0.29) is 11.7 Å². The Kier molecular flexibility index (Phi) is 3.43. The van der Waals surface area contributed by atoms with Crippen LogP contribution in [0.1, 0.15) is 34.1 Å². The maximum atomic E-state index is 12.3. The largest absolute Gasteiger partial charge is 0.477 e. The van der Waals surface area contributed by atoms with Gasteiger partial charge in [0.05, 0.1) is 12.8 Å². The Morgan fingerprint density at radius 3 is 2.76 bits per heavy atom. The van der Waals surface area contributed by atoms with E-state index in [1.807, 2.05) is 0 Å². The highest BCUT2D eigenvalue weighted by molar-refractivity contribution is 6.06. The number of aromatic nitrogens is 2. The summed E-state index contributed by atoms with van der Waals surface area (Å²) in [6.07, 6.45) is 2.40. The quantitative estimate of drug-likeness (QED) is 0.877. The average molecular weight is 285 g/mol. The number of amides is 1. The predicted octanol–water partition coefficient (Wildman–Crippen LogP) is 2.12. The Morgan fingerprint density at radius 1 is 1.29 bits per heavy atom. The molecule has 2 aromatic rings. The zero-order valence-electron chi connectivity index (χ0n) is 11.6. The SMILES string of the molecule is CC(=O)c1ccc(NC(=O)c2cnn3c2OCCC3)cc1. The molecule has 1 amide bonds. The van der Waals surface area contributed by atoms with Crippen LogP contribution in [0.25, 0.3) is 0 Å². The molecular weight excluding hydrogens is 270 g/mol. The lowest BCUT2D eigenvalue weighted by Gasteiger charge is -2.15. The van der Waals surface area contributed by atoms with Gasteiger partial charge in [-0.25, -0.2) is 4.68 Å². The smallest absolute Gasteiger partial charge is 0.262 e. The van der Waals surface area contributed by atoms with Gasteiger partial charge < -0.3 is 10.1 Å². The highest BCUT2D eigenvalue weighted by Gasteiger charge is 2.21. The van der Waals surface area contributed by atoms with Gasteiger partial charge in [-0.15, -0.1) is 0 Å². The summed E-state index contributed by atoms with van der Waals surface area (Å²) < 4.78 is 7.19. The normalized spacial score (nSPS) is 13.2. The van der Waals surface area contributed by atoms with Gasteiger partial charge in [0.2, 0.25) is 5.88 Å². The van der Waals surface area contributed by atoms with Crippen molar-refractivity contribution >= 4 is 17.4 Å². The van der Waals surface area contributed by atoms with Crippen LogP contribution in [-0.2, 0) is 6.54 Å². The first-order valence-electron chi connectivity index (χ1n) is 6.76. The molecule has 1 aromatic carbocycles. The van der Waals surface area contributed by atoms with Gasteiger partial charge in [-0.1, -0.05) is 0 Å². The first-order chi connectivity index (χ1) is 10.1. The number of fused-ring (bicyclic) bond motifs is 1. The minimum atomic E-state index is -0.270. The summed E-state index contributed by atoms with van der Waals surface area (Å²) in [5, 5.41) is 6.92. The number of hydrogen-bond acceptors (Lipinski definition) is 4. The van der Waals surface area contributed by atoms with Crippen LogP contribution in [0.2, 0.25) is 0 Å². The second-order valence-electron chi connectivity index (χ2n) is 4.88. The Labute approximate surface area is 121 Å². The monoisotopic (exact) mass is 285 g/mol. The topological polar surface area (TPSA) is 73.2 Å². The van der Waals surface area contributed by atoms with Crippen molar-refractivity contribution in [2.24, 2.45) is 0 Å². The van der Waals surface area contributed by atoms with Crippen molar-refractivity contribution in [3.8, 4) is 5.88 Å². The molecule has 0 bridgehead atoms. The Bertz CT molecular complexity index is 689. The van der Waals surface area contributed by atoms with Crippen LogP contribution >= 0.6 is 0 Å². The molecule has 0 unspecified atom stereocenters. The van der Waals surface area contributed by atoms with E-state index in [2.05, 4.69) is 10.4 Å². The van der Waals surface area contributed by atoms with Crippen molar-refractivity contribution in [1.82, 2.24) is 9.78 Å². The number of aryl methyl sites for hydroxylation is 1. The molecule has 1 aromatic heterocycles. The molecule has 21 heavy (non-hydrogen) atoms. The summed E-state index contributed by atoms with van der Waals surface area (Å²) in [4.78, 5) is 23.5. The fraction of sp³-hybridized carbons (Fsp3) is 0.267. The molecule has 1 aliphatic heterocycles. The molecule has 2 heterocycles. The number of nitrogens with zero attached hydrogens (tertiary/aromatic N) is 2.